The Kier molecular flexibility index (Phi) is 5.42. The van der Waals surface area contributed by atoms with Crippen LogP contribution < -0.4 is 10.1 Å². The summed E-state index contributed by atoms with van der Waals surface area (Å²) in [5, 5.41) is 14.7. The van der Waals surface area contributed by atoms with Crippen molar-refractivity contribution in [2.75, 3.05) is 6.54 Å². The van der Waals surface area contributed by atoms with Crippen molar-refractivity contribution in [2.24, 2.45) is 52.3 Å². The number of fused-ring (bicyclic) bond motifs is 4. The molecule has 6 aliphatic rings. The smallest absolute Gasteiger partial charge is 0.233 e. The molecule has 1 aromatic carbocycles. The molecule has 1 saturated heterocycles. The lowest BCUT2D eigenvalue weighted by molar-refractivity contribution is -0.146. The van der Waals surface area contributed by atoms with Crippen LogP contribution in [0, 0.1) is 52.3 Å². The SMILES string of the molecule is C=CC1(C)C=C(C)C2C3C(Oc4ccc(cc4)CC4(O)CNC(=O)C4C(=O)C31)C1C(C)CC(C)CC21C. The first-order valence-corrected chi connectivity index (χ1v) is 14.0. The molecule has 3 aliphatic heterocycles. The molecule has 2 saturated carbocycles. The number of aliphatic hydroxyl groups is 1. The van der Waals surface area contributed by atoms with E-state index in [0.717, 1.165) is 24.2 Å². The van der Waals surface area contributed by atoms with Gasteiger partial charge in [0, 0.05) is 36.1 Å². The summed E-state index contributed by atoms with van der Waals surface area (Å²) in [5.74, 6) is 0.0334. The van der Waals surface area contributed by atoms with Gasteiger partial charge in [-0.2, -0.15) is 0 Å². The minimum absolute atomic E-state index is 0.0254. The second-order valence-corrected chi connectivity index (χ2v) is 13.6. The number of nitrogens with one attached hydrogen (secondary N) is 1. The van der Waals surface area contributed by atoms with Gasteiger partial charge < -0.3 is 15.2 Å². The summed E-state index contributed by atoms with van der Waals surface area (Å²) < 4.78 is 6.96. The Morgan fingerprint density at radius 2 is 1.84 bits per heavy atom. The van der Waals surface area contributed by atoms with Gasteiger partial charge in [-0.3, -0.25) is 9.59 Å². The molecular weight excluding hydrogens is 462 g/mol. The summed E-state index contributed by atoms with van der Waals surface area (Å²) in [7, 11) is 0. The van der Waals surface area contributed by atoms with Crippen molar-refractivity contribution in [2.45, 2.75) is 65.6 Å². The molecule has 3 aliphatic carbocycles. The van der Waals surface area contributed by atoms with Gasteiger partial charge in [0.1, 0.15) is 23.4 Å². The molecule has 1 aromatic rings. The fraction of sp³-hybridized carbons (Fsp3) is 0.625. The van der Waals surface area contributed by atoms with Crippen LogP contribution in [-0.2, 0) is 16.0 Å². The Morgan fingerprint density at radius 1 is 1.14 bits per heavy atom. The van der Waals surface area contributed by atoms with Gasteiger partial charge in [0.25, 0.3) is 0 Å². The quantitative estimate of drug-likeness (QED) is 0.429. The molecule has 1 amide bonds. The number of benzene rings is 1. The van der Waals surface area contributed by atoms with Crippen LogP contribution in [0.15, 0.2) is 48.6 Å². The summed E-state index contributed by atoms with van der Waals surface area (Å²) in [6, 6.07) is 7.92. The third-order valence-corrected chi connectivity index (χ3v) is 11.0. The minimum atomic E-state index is -1.46. The Balaban J connectivity index is 1.62. The molecule has 0 aromatic heterocycles. The number of ketones is 1. The lowest BCUT2D eigenvalue weighted by atomic mass is 9.53. The summed E-state index contributed by atoms with van der Waals surface area (Å²) in [6.45, 7) is 15.7. The predicted molar refractivity (Wildman–Crippen MR) is 143 cm³/mol. The second-order valence-electron chi connectivity index (χ2n) is 13.6. The zero-order valence-corrected chi connectivity index (χ0v) is 22.8. The van der Waals surface area contributed by atoms with Crippen LogP contribution in [-0.4, -0.2) is 35.0 Å². The lowest BCUT2D eigenvalue weighted by Gasteiger charge is -2.50. The first-order valence-electron chi connectivity index (χ1n) is 14.0. The summed E-state index contributed by atoms with van der Waals surface area (Å²) in [5.41, 5.74) is 0.0587. The van der Waals surface area contributed by atoms with Crippen molar-refractivity contribution in [1.29, 1.82) is 0 Å². The first kappa shape index (κ1) is 24.9. The van der Waals surface area contributed by atoms with E-state index < -0.39 is 22.9 Å². The number of ether oxygens (including phenoxy) is 1. The van der Waals surface area contributed by atoms with Gasteiger partial charge in [-0.05, 0) is 60.6 Å². The minimum Gasteiger partial charge on any atom is -0.490 e. The van der Waals surface area contributed by atoms with E-state index >= 15 is 0 Å². The average molecular weight is 504 g/mol. The van der Waals surface area contributed by atoms with Crippen LogP contribution >= 0.6 is 0 Å². The van der Waals surface area contributed by atoms with E-state index in [9.17, 15) is 14.7 Å². The van der Waals surface area contributed by atoms with Gasteiger partial charge >= 0.3 is 0 Å². The van der Waals surface area contributed by atoms with E-state index in [2.05, 4.69) is 52.6 Å². The number of rotatable bonds is 1. The van der Waals surface area contributed by atoms with E-state index in [1.165, 1.54) is 5.57 Å². The van der Waals surface area contributed by atoms with Crippen molar-refractivity contribution >= 4 is 11.7 Å². The van der Waals surface area contributed by atoms with E-state index in [-0.39, 0.29) is 53.9 Å². The number of hydrogen-bond donors (Lipinski definition) is 2. The number of β-amino-alcohol motifs (C(OH)–C–C–N with tert-alkyl or cyclic N) is 1. The van der Waals surface area contributed by atoms with Crippen molar-refractivity contribution < 1.29 is 19.4 Å². The lowest BCUT2D eigenvalue weighted by Crippen LogP contribution is -2.54. The molecule has 3 fully saturated rings. The zero-order valence-electron chi connectivity index (χ0n) is 22.8. The largest absolute Gasteiger partial charge is 0.490 e. The number of Topliss-reactive ketones (excluding diaryl/α,β-unsaturated/α-hetero) is 1. The van der Waals surface area contributed by atoms with Gasteiger partial charge in [-0.25, -0.2) is 0 Å². The molecule has 0 radical (unpaired) electrons. The molecule has 2 bridgehead atoms. The van der Waals surface area contributed by atoms with Crippen molar-refractivity contribution in [3.63, 3.8) is 0 Å². The summed E-state index contributed by atoms with van der Waals surface area (Å²) >= 11 is 0. The Hall–Kier alpha value is -2.40. The molecule has 0 spiro atoms. The molecule has 11 atom stereocenters. The molecule has 7 rings (SSSR count). The number of carbonyl (C=O) groups is 2. The molecule has 5 nitrogen and oxygen atoms in total. The van der Waals surface area contributed by atoms with Gasteiger partial charge in [0.15, 0.2) is 5.78 Å². The number of carbonyl (C=O) groups excluding carboxylic acids is 2. The fourth-order valence-electron chi connectivity index (χ4n) is 10.1. The first-order chi connectivity index (χ1) is 17.4. The van der Waals surface area contributed by atoms with Gasteiger partial charge in [-0.1, -0.05) is 57.6 Å². The molecule has 3 heterocycles. The topological polar surface area (TPSA) is 75.6 Å². The number of hydrogen-bond acceptors (Lipinski definition) is 4. The third kappa shape index (κ3) is 3.38. The predicted octanol–water partition coefficient (Wildman–Crippen LogP) is 4.74. The third-order valence-electron chi connectivity index (χ3n) is 11.0. The molecule has 11 unspecified atom stereocenters. The second kappa shape index (κ2) is 8.05. The standard InChI is InChI=1S/C32H41NO4/c1-7-30(5)14-19(4)23-22-25(30)27(34)26-29(35)33-16-32(26,36)15-20-8-10-21(11-9-20)37-28(22)24-18(3)12-17(2)13-31(23,24)6/h7-11,14,17-18,22-26,28,36H,1,12-13,15-16H2,2-6H3,(H,33,35). The van der Waals surface area contributed by atoms with Gasteiger partial charge in [0.2, 0.25) is 5.91 Å². The normalized spacial score (nSPS) is 48.4. The van der Waals surface area contributed by atoms with Crippen LogP contribution in [0.25, 0.3) is 0 Å². The molecule has 5 heteroatoms. The fourth-order valence-corrected chi connectivity index (χ4v) is 10.1. The summed E-state index contributed by atoms with van der Waals surface area (Å²) in [4.78, 5) is 28.0. The molecule has 2 N–H and O–H groups in total. The molecule has 37 heavy (non-hydrogen) atoms. The highest BCUT2D eigenvalue weighted by Gasteiger charge is 2.69. The van der Waals surface area contributed by atoms with Crippen LogP contribution in [0.2, 0.25) is 0 Å². The highest BCUT2D eigenvalue weighted by Crippen LogP contribution is 2.68. The van der Waals surface area contributed by atoms with Gasteiger partial charge in [-0.15, -0.1) is 6.58 Å². The van der Waals surface area contributed by atoms with Crippen molar-refractivity contribution in [3.8, 4) is 5.75 Å². The van der Waals surface area contributed by atoms with Crippen molar-refractivity contribution in [3.05, 3.63) is 54.1 Å². The zero-order chi connectivity index (χ0) is 26.5. The van der Waals surface area contributed by atoms with Crippen LogP contribution in [0.1, 0.15) is 53.0 Å². The maximum atomic E-state index is 14.7. The van der Waals surface area contributed by atoms with E-state index in [4.69, 9.17) is 4.74 Å². The number of allylic oxidation sites excluding steroid dienone is 3. The maximum Gasteiger partial charge on any atom is 0.233 e. The summed E-state index contributed by atoms with van der Waals surface area (Å²) in [6.07, 6.45) is 6.42. The Labute approximate surface area is 220 Å². The van der Waals surface area contributed by atoms with E-state index in [1.807, 2.05) is 30.3 Å². The molecule has 198 valence electrons. The maximum absolute atomic E-state index is 14.7. The monoisotopic (exact) mass is 503 g/mol. The Bertz CT molecular complexity index is 1190. The van der Waals surface area contributed by atoms with E-state index in [0.29, 0.717) is 11.8 Å². The van der Waals surface area contributed by atoms with Crippen LogP contribution in [0.3, 0.4) is 0 Å². The van der Waals surface area contributed by atoms with Gasteiger partial charge in [0.05, 0.1) is 0 Å². The van der Waals surface area contributed by atoms with Crippen molar-refractivity contribution in [1.82, 2.24) is 5.32 Å². The Morgan fingerprint density at radius 3 is 2.51 bits per heavy atom. The van der Waals surface area contributed by atoms with Crippen LogP contribution in [0.5, 0.6) is 5.75 Å². The highest BCUT2D eigenvalue weighted by molar-refractivity contribution is 6.06. The molecular formula is C32H41NO4. The highest BCUT2D eigenvalue weighted by atomic mass is 16.5. The van der Waals surface area contributed by atoms with Crippen LogP contribution in [0.4, 0.5) is 0 Å². The average Bonchev–Trinajstić information content (AvgIpc) is 3.24. The number of amides is 1. The van der Waals surface area contributed by atoms with E-state index in [1.54, 1.807) is 0 Å².